The van der Waals surface area contributed by atoms with Crippen LogP contribution in [0.3, 0.4) is 0 Å². The third-order valence-electron chi connectivity index (χ3n) is 3.71. The van der Waals surface area contributed by atoms with Crippen LogP contribution >= 0.6 is 22.9 Å². The van der Waals surface area contributed by atoms with E-state index in [-0.39, 0.29) is 30.1 Å². The lowest BCUT2D eigenvalue weighted by Crippen LogP contribution is -2.48. The molecule has 0 unspecified atom stereocenters. The summed E-state index contributed by atoms with van der Waals surface area (Å²) in [4.78, 5) is 35.8. The van der Waals surface area contributed by atoms with Gasteiger partial charge in [0.05, 0.1) is 32.7 Å². The van der Waals surface area contributed by atoms with Crippen LogP contribution < -0.4 is 5.32 Å². The fraction of sp³-hybridized carbons (Fsp3) is 0.533. The monoisotopic (exact) mass is 407 g/mol. The van der Waals surface area contributed by atoms with E-state index in [0.29, 0.717) is 15.6 Å². The van der Waals surface area contributed by atoms with E-state index in [1.807, 2.05) is 0 Å². The molecule has 10 heteroatoms. The number of rotatable bonds is 7. The lowest BCUT2D eigenvalue weighted by molar-refractivity contribution is -0.148. The highest BCUT2D eigenvalue weighted by Crippen LogP contribution is 2.23. The lowest BCUT2D eigenvalue weighted by Gasteiger charge is -2.23. The number of nitrogens with one attached hydrogen (secondary N) is 1. The summed E-state index contributed by atoms with van der Waals surface area (Å²) >= 11 is 6.88. The molecule has 0 aliphatic carbocycles. The van der Waals surface area contributed by atoms with Crippen molar-refractivity contribution in [2.24, 2.45) is 0 Å². The summed E-state index contributed by atoms with van der Waals surface area (Å²) in [6, 6.07) is 3.19. The van der Waals surface area contributed by atoms with Gasteiger partial charge in [-0.3, -0.25) is 14.4 Å². The van der Waals surface area contributed by atoms with Crippen molar-refractivity contribution in [1.29, 1.82) is 0 Å². The molecule has 1 amide bonds. The topological polar surface area (TPSA) is 107 Å². The number of sulfone groups is 1. The highest BCUT2D eigenvalue weighted by Gasteiger charge is 2.39. The summed E-state index contributed by atoms with van der Waals surface area (Å²) in [5.74, 6) is -1.56. The number of hydrogen-bond acceptors (Lipinski definition) is 7. The second-order valence-corrected chi connectivity index (χ2v) is 10.0. The number of thiophene rings is 1. The molecule has 138 valence electrons. The Bertz CT molecular complexity index is 788. The predicted molar refractivity (Wildman–Crippen MR) is 93.7 cm³/mol. The first-order chi connectivity index (χ1) is 11.6. The maximum atomic E-state index is 11.8. The van der Waals surface area contributed by atoms with E-state index in [1.165, 1.54) is 0 Å². The highest BCUT2D eigenvalue weighted by molar-refractivity contribution is 7.91. The number of esters is 1. The largest absolute Gasteiger partial charge is 0.456 e. The van der Waals surface area contributed by atoms with E-state index < -0.39 is 33.9 Å². The zero-order valence-electron chi connectivity index (χ0n) is 13.5. The quantitative estimate of drug-likeness (QED) is 0.543. The van der Waals surface area contributed by atoms with Gasteiger partial charge < -0.3 is 10.1 Å². The normalized spacial score (nSPS) is 21.7. The number of ketones is 1. The van der Waals surface area contributed by atoms with Crippen molar-refractivity contribution in [3.63, 3.8) is 0 Å². The average molecular weight is 408 g/mol. The second-order valence-electron chi connectivity index (χ2n) is 6.14. The smallest absolute Gasteiger partial charge is 0.306 e. The van der Waals surface area contributed by atoms with Crippen LogP contribution in [-0.4, -0.2) is 49.7 Å². The zero-order valence-corrected chi connectivity index (χ0v) is 15.9. The first-order valence-electron chi connectivity index (χ1n) is 7.54. The third kappa shape index (κ3) is 6.09. The summed E-state index contributed by atoms with van der Waals surface area (Å²) in [6.45, 7) is 1.13. The molecule has 1 aromatic heterocycles. The molecule has 0 radical (unpaired) electrons. The van der Waals surface area contributed by atoms with Crippen molar-refractivity contribution in [3.8, 4) is 0 Å². The van der Waals surface area contributed by atoms with Gasteiger partial charge in [-0.15, -0.1) is 11.3 Å². The maximum absolute atomic E-state index is 11.8. The van der Waals surface area contributed by atoms with Crippen molar-refractivity contribution < 1.29 is 27.5 Å². The number of ether oxygens (including phenoxy) is 1. The molecule has 1 atom stereocenters. The minimum atomic E-state index is -3.14. The van der Waals surface area contributed by atoms with Gasteiger partial charge in [-0.2, -0.15) is 0 Å². The molecule has 1 aliphatic rings. The minimum Gasteiger partial charge on any atom is -0.456 e. The molecule has 0 saturated carbocycles. The predicted octanol–water partition coefficient (Wildman–Crippen LogP) is 1.60. The van der Waals surface area contributed by atoms with Crippen LogP contribution in [0.4, 0.5) is 0 Å². The van der Waals surface area contributed by atoms with Crippen molar-refractivity contribution in [2.45, 2.75) is 31.7 Å². The van der Waals surface area contributed by atoms with E-state index in [4.69, 9.17) is 16.3 Å². The number of hydrogen-bond donors (Lipinski definition) is 1. The Balaban J connectivity index is 1.71. The summed E-state index contributed by atoms with van der Waals surface area (Å²) in [7, 11) is -3.14. The first kappa shape index (κ1) is 19.9. The standard InChI is InChI=1S/C15H18ClNO6S2/c1-15(6-7-25(21,22)9-15)17-13(19)8-23-14(20)5-2-10(18)11-3-4-12(16)24-11/h3-4H,2,5-9H2,1H3,(H,17,19)/t15-/m0/s1. The third-order valence-corrected chi connectivity index (χ3v) is 6.89. The number of carbonyl (C=O) groups is 3. The molecular formula is C15H18ClNO6S2. The average Bonchev–Trinajstić information content (AvgIpc) is 3.05. The molecule has 1 aromatic rings. The van der Waals surface area contributed by atoms with E-state index in [2.05, 4.69) is 5.32 Å². The maximum Gasteiger partial charge on any atom is 0.306 e. The van der Waals surface area contributed by atoms with Gasteiger partial charge in [0.1, 0.15) is 0 Å². The molecule has 1 fully saturated rings. The van der Waals surface area contributed by atoms with Crippen LogP contribution in [0.2, 0.25) is 4.34 Å². The van der Waals surface area contributed by atoms with Gasteiger partial charge in [0, 0.05) is 6.42 Å². The molecular weight excluding hydrogens is 390 g/mol. The molecule has 1 aliphatic heterocycles. The highest BCUT2D eigenvalue weighted by atomic mass is 35.5. The Morgan fingerprint density at radius 3 is 2.60 bits per heavy atom. The van der Waals surface area contributed by atoms with Gasteiger partial charge in [-0.1, -0.05) is 11.6 Å². The number of amides is 1. The number of carbonyl (C=O) groups excluding carboxylic acids is 3. The van der Waals surface area contributed by atoms with Gasteiger partial charge >= 0.3 is 5.97 Å². The van der Waals surface area contributed by atoms with Crippen LogP contribution in [0.5, 0.6) is 0 Å². The SMILES string of the molecule is C[C@]1(NC(=O)COC(=O)CCC(=O)c2ccc(Cl)s2)CCS(=O)(=O)C1. The van der Waals surface area contributed by atoms with E-state index in [0.717, 1.165) is 11.3 Å². The Morgan fingerprint density at radius 2 is 2.04 bits per heavy atom. The van der Waals surface area contributed by atoms with Crippen LogP contribution in [-0.2, 0) is 24.2 Å². The summed E-state index contributed by atoms with van der Waals surface area (Å²) in [6.07, 6.45) is 0.146. The Morgan fingerprint density at radius 1 is 1.32 bits per heavy atom. The molecule has 0 aromatic carbocycles. The molecule has 0 bridgehead atoms. The molecule has 2 heterocycles. The van der Waals surface area contributed by atoms with Crippen molar-refractivity contribution in [2.75, 3.05) is 18.1 Å². The summed E-state index contributed by atoms with van der Waals surface area (Å²) in [5, 5.41) is 2.58. The number of halogens is 1. The Labute approximate surface area is 154 Å². The van der Waals surface area contributed by atoms with Crippen molar-refractivity contribution in [1.82, 2.24) is 5.32 Å². The van der Waals surface area contributed by atoms with E-state index >= 15 is 0 Å². The van der Waals surface area contributed by atoms with Crippen molar-refractivity contribution in [3.05, 3.63) is 21.3 Å². The van der Waals surface area contributed by atoms with Crippen LogP contribution in [0, 0.1) is 0 Å². The fourth-order valence-corrected chi connectivity index (χ4v) is 5.61. The second kappa shape index (κ2) is 7.84. The van der Waals surface area contributed by atoms with Gasteiger partial charge in [0.15, 0.2) is 22.2 Å². The minimum absolute atomic E-state index is 0.0262. The van der Waals surface area contributed by atoms with Crippen LogP contribution in [0.15, 0.2) is 12.1 Å². The van der Waals surface area contributed by atoms with E-state index in [1.54, 1.807) is 19.1 Å². The summed E-state index contributed by atoms with van der Waals surface area (Å²) in [5.41, 5.74) is -0.837. The van der Waals surface area contributed by atoms with E-state index in [9.17, 15) is 22.8 Å². The first-order valence-corrected chi connectivity index (χ1v) is 10.6. The number of Topliss-reactive ketones (excluding diaryl/α,β-unsaturated/α-hetero) is 1. The van der Waals surface area contributed by atoms with Crippen LogP contribution in [0.25, 0.3) is 0 Å². The fourth-order valence-electron chi connectivity index (χ4n) is 2.50. The molecule has 1 N–H and O–H groups in total. The van der Waals surface area contributed by atoms with Gasteiger partial charge in [-0.05, 0) is 25.5 Å². The molecule has 1 saturated heterocycles. The molecule has 0 spiro atoms. The van der Waals surface area contributed by atoms with Crippen molar-refractivity contribution >= 4 is 50.4 Å². The summed E-state index contributed by atoms with van der Waals surface area (Å²) < 4.78 is 28.3. The van der Waals surface area contributed by atoms with Gasteiger partial charge in [0.25, 0.3) is 5.91 Å². The Kier molecular flexibility index (Phi) is 6.23. The van der Waals surface area contributed by atoms with Gasteiger partial charge in [-0.25, -0.2) is 8.42 Å². The lowest BCUT2D eigenvalue weighted by atomic mass is 10.0. The Hall–Kier alpha value is -1.45. The van der Waals surface area contributed by atoms with Gasteiger partial charge in [0.2, 0.25) is 0 Å². The molecule has 25 heavy (non-hydrogen) atoms. The van der Waals surface area contributed by atoms with Crippen LogP contribution in [0.1, 0.15) is 35.9 Å². The zero-order chi connectivity index (χ0) is 18.7. The molecule has 7 nitrogen and oxygen atoms in total. The molecule has 2 rings (SSSR count).